The number of thioether (sulfide) groups is 1. The van der Waals surface area contributed by atoms with Crippen molar-refractivity contribution in [3.05, 3.63) is 66.2 Å². The third-order valence-corrected chi connectivity index (χ3v) is 5.98. The molecule has 2 aromatic carbocycles. The number of nitrogens with two attached hydrogens (primary N) is 1. The molecule has 2 aliphatic rings. The molecule has 140 valence electrons. The van der Waals surface area contributed by atoms with E-state index in [1.54, 1.807) is 31.3 Å². The van der Waals surface area contributed by atoms with E-state index in [2.05, 4.69) is 16.0 Å². The Morgan fingerprint density at radius 2 is 1.79 bits per heavy atom. The van der Waals surface area contributed by atoms with Gasteiger partial charge < -0.3 is 15.2 Å². The number of aliphatic imine (C=N–C) groups is 1. The SMILES string of the molecule is COc1ccc2c(c1)C1(CCSC(N)=N1)c1cc(-c3cncnc3)ccc1O2. The number of methoxy groups -OCH3 is 1. The predicted molar refractivity (Wildman–Crippen MR) is 110 cm³/mol. The van der Waals surface area contributed by atoms with E-state index in [4.69, 9.17) is 20.2 Å². The fourth-order valence-electron chi connectivity index (χ4n) is 3.85. The second-order valence-corrected chi connectivity index (χ2v) is 7.83. The molecule has 0 bridgehead atoms. The lowest BCUT2D eigenvalue weighted by Crippen LogP contribution is -2.35. The van der Waals surface area contributed by atoms with Gasteiger partial charge in [0.05, 0.1) is 7.11 Å². The summed E-state index contributed by atoms with van der Waals surface area (Å²) in [5, 5.41) is 0.585. The molecule has 1 spiro atoms. The summed E-state index contributed by atoms with van der Waals surface area (Å²) in [6.07, 6.45) is 5.95. The Balaban J connectivity index is 1.76. The molecule has 0 radical (unpaired) electrons. The van der Waals surface area contributed by atoms with Crippen LogP contribution in [0.3, 0.4) is 0 Å². The molecular formula is C21H18N4O2S. The van der Waals surface area contributed by atoms with E-state index in [0.717, 1.165) is 51.7 Å². The molecular weight excluding hydrogens is 372 g/mol. The summed E-state index contributed by atoms with van der Waals surface area (Å²) in [7, 11) is 1.66. The van der Waals surface area contributed by atoms with Crippen molar-refractivity contribution in [1.82, 2.24) is 9.97 Å². The van der Waals surface area contributed by atoms with Gasteiger partial charge in [0.15, 0.2) is 5.17 Å². The van der Waals surface area contributed by atoms with Gasteiger partial charge in [-0.25, -0.2) is 15.0 Å². The lowest BCUT2D eigenvalue weighted by Gasteiger charge is -2.39. The highest BCUT2D eigenvalue weighted by Gasteiger charge is 2.44. The van der Waals surface area contributed by atoms with E-state index < -0.39 is 5.54 Å². The number of aromatic nitrogens is 2. The summed E-state index contributed by atoms with van der Waals surface area (Å²) >= 11 is 1.58. The number of hydrogen-bond acceptors (Lipinski definition) is 7. The van der Waals surface area contributed by atoms with Gasteiger partial charge in [-0.3, -0.25) is 0 Å². The first-order valence-electron chi connectivity index (χ1n) is 8.94. The standard InChI is InChI=1S/C21H18N4O2S/c1-26-15-3-5-19-17(9-15)21(6-7-28-20(22)25-21)16-8-13(2-4-18(16)27-19)14-10-23-12-24-11-14/h2-5,8-12H,6-7H2,1H3,(H2,22,25). The summed E-state index contributed by atoms with van der Waals surface area (Å²) < 4.78 is 11.7. The molecule has 1 aromatic heterocycles. The smallest absolute Gasteiger partial charge is 0.155 e. The number of nitrogens with zero attached hydrogens (tertiary/aromatic N) is 3. The molecule has 0 saturated carbocycles. The average Bonchev–Trinajstić information content (AvgIpc) is 2.74. The maximum absolute atomic E-state index is 6.23. The second kappa shape index (κ2) is 6.53. The largest absolute Gasteiger partial charge is 0.497 e. The molecule has 7 heteroatoms. The Kier molecular flexibility index (Phi) is 3.98. The minimum absolute atomic E-state index is 0.585. The van der Waals surface area contributed by atoms with Crippen LogP contribution < -0.4 is 15.2 Å². The van der Waals surface area contributed by atoms with Crippen LogP contribution in [0.1, 0.15) is 17.5 Å². The van der Waals surface area contributed by atoms with Gasteiger partial charge in [0.25, 0.3) is 0 Å². The van der Waals surface area contributed by atoms with Gasteiger partial charge in [-0.05, 0) is 42.3 Å². The summed E-state index contributed by atoms with van der Waals surface area (Å²) in [4.78, 5) is 13.2. The summed E-state index contributed by atoms with van der Waals surface area (Å²) in [5.41, 5.74) is 9.53. The number of amidine groups is 1. The zero-order valence-corrected chi connectivity index (χ0v) is 16.1. The maximum Gasteiger partial charge on any atom is 0.155 e. The fourth-order valence-corrected chi connectivity index (χ4v) is 4.68. The van der Waals surface area contributed by atoms with Crippen LogP contribution in [0.15, 0.2) is 60.1 Å². The number of ether oxygens (including phenoxy) is 2. The fraction of sp³-hybridized carbons (Fsp3) is 0.190. The normalized spacial score (nSPS) is 20.0. The van der Waals surface area contributed by atoms with Crippen molar-refractivity contribution in [1.29, 1.82) is 0 Å². The van der Waals surface area contributed by atoms with Crippen molar-refractivity contribution in [2.75, 3.05) is 12.9 Å². The highest BCUT2D eigenvalue weighted by Crippen LogP contribution is 2.54. The summed E-state index contributed by atoms with van der Waals surface area (Å²) in [6, 6.07) is 12.0. The average molecular weight is 390 g/mol. The molecule has 1 atom stereocenters. The third-order valence-electron chi connectivity index (χ3n) is 5.19. The summed E-state index contributed by atoms with van der Waals surface area (Å²) in [6.45, 7) is 0. The highest BCUT2D eigenvalue weighted by molar-refractivity contribution is 8.13. The minimum Gasteiger partial charge on any atom is -0.497 e. The predicted octanol–water partition coefficient (Wildman–Crippen LogP) is 3.95. The lowest BCUT2D eigenvalue weighted by molar-refractivity contribution is 0.380. The topological polar surface area (TPSA) is 82.6 Å². The van der Waals surface area contributed by atoms with Crippen LogP contribution in [0.5, 0.6) is 17.2 Å². The van der Waals surface area contributed by atoms with Gasteiger partial charge in [-0.2, -0.15) is 0 Å². The van der Waals surface area contributed by atoms with E-state index in [-0.39, 0.29) is 0 Å². The van der Waals surface area contributed by atoms with Crippen LogP contribution in [-0.2, 0) is 5.54 Å². The van der Waals surface area contributed by atoms with Gasteiger partial charge in [-0.15, -0.1) is 0 Å². The zero-order valence-electron chi connectivity index (χ0n) is 15.3. The van der Waals surface area contributed by atoms with Crippen molar-refractivity contribution in [2.45, 2.75) is 12.0 Å². The van der Waals surface area contributed by atoms with Crippen molar-refractivity contribution in [3.63, 3.8) is 0 Å². The van der Waals surface area contributed by atoms with Gasteiger partial charge in [-0.1, -0.05) is 17.8 Å². The Morgan fingerprint density at radius 1 is 1.04 bits per heavy atom. The molecule has 2 N–H and O–H groups in total. The second-order valence-electron chi connectivity index (χ2n) is 6.71. The molecule has 0 aliphatic carbocycles. The van der Waals surface area contributed by atoms with Crippen LogP contribution in [-0.4, -0.2) is 28.0 Å². The van der Waals surface area contributed by atoms with E-state index in [1.165, 1.54) is 6.33 Å². The number of fused-ring (bicyclic) bond motifs is 4. The van der Waals surface area contributed by atoms with Crippen molar-refractivity contribution < 1.29 is 9.47 Å². The Labute approximate surface area is 166 Å². The van der Waals surface area contributed by atoms with E-state index >= 15 is 0 Å². The number of rotatable bonds is 2. The van der Waals surface area contributed by atoms with Crippen LogP contribution in [0.25, 0.3) is 11.1 Å². The number of benzene rings is 2. The molecule has 3 aromatic rings. The van der Waals surface area contributed by atoms with E-state index in [0.29, 0.717) is 5.17 Å². The van der Waals surface area contributed by atoms with E-state index in [9.17, 15) is 0 Å². The Hall–Kier alpha value is -3.06. The van der Waals surface area contributed by atoms with Gasteiger partial charge >= 0.3 is 0 Å². The molecule has 3 heterocycles. The van der Waals surface area contributed by atoms with E-state index in [1.807, 2.05) is 30.3 Å². The van der Waals surface area contributed by atoms with Crippen LogP contribution in [0, 0.1) is 0 Å². The molecule has 0 amide bonds. The Bertz CT molecular complexity index is 1090. The van der Waals surface area contributed by atoms with Crippen molar-refractivity contribution >= 4 is 16.9 Å². The molecule has 0 saturated heterocycles. The monoisotopic (exact) mass is 390 g/mol. The quantitative estimate of drug-likeness (QED) is 0.713. The van der Waals surface area contributed by atoms with Crippen molar-refractivity contribution in [2.24, 2.45) is 10.7 Å². The Morgan fingerprint density at radius 3 is 2.54 bits per heavy atom. The van der Waals surface area contributed by atoms with Gasteiger partial charge in [0.1, 0.15) is 29.1 Å². The lowest BCUT2D eigenvalue weighted by atomic mass is 9.77. The van der Waals surface area contributed by atoms with Crippen LogP contribution in [0.2, 0.25) is 0 Å². The molecule has 2 aliphatic heterocycles. The molecule has 6 nitrogen and oxygen atoms in total. The zero-order chi connectivity index (χ0) is 19.1. The molecule has 5 rings (SSSR count). The van der Waals surface area contributed by atoms with Gasteiger partial charge in [0.2, 0.25) is 0 Å². The number of hydrogen-bond donors (Lipinski definition) is 1. The third kappa shape index (κ3) is 2.62. The first-order chi connectivity index (χ1) is 13.7. The minimum atomic E-state index is -0.599. The highest BCUT2D eigenvalue weighted by atomic mass is 32.2. The first-order valence-corrected chi connectivity index (χ1v) is 9.92. The molecule has 0 fully saturated rings. The van der Waals surface area contributed by atoms with Crippen molar-refractivity contribution in [3.8, 4) is 28.4 Å². The molecule has 28 heavy (non-hydrogen) atoms. The van der Waals surface area contributed by atoms with Crippen LogP contribution >= 0.6 is 11.8 Å². The molecule has 1 unspecified atom stereocenters. The first kappa shape index (κ1) is 17.1. The maximum atomic E-state index is 6.23. The summed E-state index contributed by atoms with van der Waals surface area (Å²) in [5.74, 6) is 3.23. The van der Waals surface area contributed by atoms with Crippen LogP contribution in [0.4, 0.5) is 0 Å². The van der Waals surface area contributed by atoms with Gasteiger partial charge in [0, 0.05) is 34.8 Å².